The summed E-state index contributed by atoms with van der Waals surface area (Å²) in [6.07, 6.45) is 0.705. The van der Waals surface area contributed by atoms with Gasteiger partial charge in [-0.3, -0.25) is 4.79 Å². The average molecular weight is 343 g/mol. The van der Waals surface area contributed by atoms with Crippen molar-refractivity contribution < 1.29 is 19.4 Å². The number of nitrogens with one attached hydrogen (secondary N) is 1. The maximum absolute atomic E-state index is 12.4. The highest BCUT2D eigenvalue weighted by atomic mass is 16.5. The minimum absolute atomic E-state index is 0.0261. The molecule has 2 aromatic carbocycles. The van der Waals surface area contributed by atoms with E-state index in [1.165, 1.54) is 0 Å². The van der Waals surface area contributed by atoms with Crippen LogP contribution in [0.25, 0.3) is 0 Å². The second-order valence-corrected chi connectivity index (χ2v) is 5.96. The number of carbonyl (C=O) groups excluding carboxylic acids is 1. The summed E-state index contributed by atoms with van der Waals surface area (Å²) in [5.41, 5.74) is 2.40. The molecular formula is C20H25NO4. The van der Waals surface area contributed by atoms with E-state index in [0.29, 0.717) is 26.2 Å². The average Bonchev–Trinajstić information content (AvgIpc) is 2.61. The van der Waals surface area contributed by atoms with Crippen LogP contribution >= 0.6 is 0 Å². The van der Waals surface area contributed by atoms with Crippen LogP contribution in [0.15, 0.2) is 48.5 Å². The third-order valence-corrected chi connectivity index (χ3v) is 3.73. The maximum atomic E-state index is 12.4. The zero-order valence-corrected chi connectivity index (χ0v) is 14.7. The van der Waals surface area contributed by atoms with Crippen LogP contribution < -0.4 is 5.32 Å². The van der Waals surface area contributed by atoms with E-state index in [1.54, 1.807) is 19.2 Å². The molecule has 0 saturated carbocycles. The Morgan fingerprint density at radius 1 is 1.12 bits per heavy atom. The van der Waals surface area contributed by atoms with E-state index >= 15 is 0 Å². The Bertz CT molecular complexity index is 673. The van der Waals surface area contributed by atoms with Crippen molar-refractivity contribution in [1.29, 1.82) is 0 Å². The predicted molar refractivity (Wildman–Crippen MR) is 97.0 cm³/mol. The molecule has 0 radical (unpaired) electrons. The lowest BCUT2D eigenvalue weighted by Crippen LogP contribution is -2.36. The molecule has 25 heavy (non-hydrogen) atoms. The summed E-state index contributed by atoms with van der Waals surface area (Å²) in [4.78, 5) is 12.4. The number of hydrogen-bond donors (Lipinski definition) is 2. The Morgan fingerprint density at radius 3 is 2.60 bits per heavy atom. The topological polar surface area (TPSA) is 67.8 Å². The Hall–Kier alpha value is -2.37. The fraction of sp³-hybridized carbons (Fsp3) is 0.350. The van der Waals surface area contributed by atoms with Crippen LogP contribution in [-0.4, -0.2) is 44.0 Å². The second-order valence-electron chi connectivity index (χ2n) is 5.96. The number of carbonyl (C=O) groups is 1. The van der Waals surface area contributed by atoms with Gasteiger partial charge in [-0.15, -0.1) is 0 Å². The first-order valence-corrected chi connectivity index (χ1v) is 8.33. The quantitative estimate of drug-likeness (QED) is 0.687. The van der Waals surface area contributed by atoms with Gasteiger partial charge < -0.3 is 19.9 Å². The molecule has 2 rings (SSSR count). The minimum atomic E-state index is -0.310. The Morgan fingerprint density at radius 2 is 1.88 bits per heavy atom. The molecule has 0 aliphatic heterocycles. The molecule has 0 fully saturated rings. The first-order valence-electron chi connectivity index (χ1n) is 8.33. The molecule has 0 aliphatic carbocycles. The first-order chi connectivity index (χ1) is 12.1. The van der Waals surface area contributed by atoms with Gasteiger partial charge >= 0.3 is 0 Å². The summed E-state index contributed by atoms with van der Waals surface area (Å²) >= 11 is 0. The van der Waals surface area contributed by atoms with Crippen LogP contribution in [0.4, 0.5) is 0 Å². The van der Waals surface area contributed by atoms with Gasteiger partial charge in [-0.25, -0.2) is 0 Å². The molecule has 0 unspecified atom stereocenters. The van der Waals surface area contributed by atoms with Gasteiger partial charge in [0.1, 0.15) is 5.75 Å². The summed E-state index contributed by atoms with van der Waals surface area (Å²) in [5.74, 6) is -0.336. The first kappa shape index (κ1) is 19.0. The molecule has 0 heterocycles. The van der Waals surface area contributed by atoms with E-state index in [1.807, 2.05) is 43.3 Å². The molecule has 1 amide bonds. The number of ether oxygens (including phenoxy) is 2. The van der Waals surface area contributed by atoms with E-state index < -0.39 is 0 Å². The molecule has 5 nitrogen and oxygen atoms in total. The lowest BCUT2D eigenvalue weighted by Gasteiger charge is -2.15. The smallest absolute Gasteiger partial charge is 0.255 e. The zero-order chi connectivity index (χ0) is 18.1. The zero-order valence-electron chi connectivity index (χ0n) is 14.7. The lowest BCUT2D eigenvalue weighted by molar-refractivity contribution is 0.0583. The molecule has 0 saturated heterocycles. The fourth-order valence-corrected chi connectivity index (χ4v) is 2.45. The third kappa shape index (κ3) is 6.21. The van der Waals surface area contributed by atoms with Crippen molar-refractivity contribution in [3.05, 3.63) is 65.2 Å². The number of aromatic hydroxyl groups is 1. The summed E-state index contributed by atoms with van der Waals surface area (Å²) < 4.78 is 10.3. The highest BCUT2D eigenvalue weighted by molar-refractivity contribution is 5.97. The van der Waals surface area contributed by atoms with Crippen LogP contribution in [0.1, 0.15) is 28.4 Å². The molecule has 1 atom stereocenters. The van der Waals surface area contributed by atoms with Crippen LogP contribution in [0.3, 0.4) is 0 Å². The fourth-order valence-electron chi connectivity index (χ4n) is 2.45. The second kappa shape index (κ2) is 9.81. The third-order valence-electron chi connectivity index (χ3n) is 3.73. The summed E-state index contributed by atoms with van der Waals surface area (Å²) in [7, 11) is 1.61. The van der Waals surface area contributed by atoms with Crippen molar-refractivity contribution in [2.75, 3.05) is 26.9 Å². The number of benzene rings is 2. The number of phenols is 1. The SMILES string of the molecule is COCCOC[C@@H](C)NC(=O)c1cc(Cc2ccccc2)ccc1O. The number of methoxy groups -OCH3 is 1. The van der Waals surface area contributed by atoms with Crippen molar-refractivity contribution in [3.63, 3.8) is 0 Å². The molecule has 0 spiro atoms. The van der Waals surface area contributed by atoms with Gasteiger partial charge in [0.05, 0.1) is 25.4 Å². The summed E-state index contributed by atoms with van der Waals surface area (Å²) in [6, 6.07) is 15.0. The highest BCUT2D eigenvalue weighted by Gasteiger charge is 2.15. The van der Waals surface area contributed by atoms with Crippen LogP contribution in [0.2, 0.25) is 0 Å². The number of rotatable bonds is 9. The van der Waals surface area contributed by atoms with Crippen molar-refractivity contribution in [1.82, 2.24) is 5.32 Å². The van der Waals surface area contributed by atoms with Gasteiger partial charge in [0.25, 0.3) is 5.91 Å². The molecular weight excluding hydrogens is 318 g/mol. The number of hydrogen-bond acceptors (Lipinski definition) is 4. The molecule has 5 heteroatoms. The monoisotopic (exact) mass is 343 g/mol. The number of amides is 1. The van der Waals surface area contributed by atoms with E-state index in [0.717, 1.165) is 11.1 Å². The molecule has 0 bridgehead atoms. The van der Waals surface area contributed by atoms with Gasteiger partial charge in [0.2, 0.25) is 0 Å². The van der Waals surface area contributed by atoms with Gasteiger partial charge in [-0.1, -0.05) is 36.4 Å². The summed E-state index contributed by atoms with van der Waals surface area (Å²) in [5, 5.41) is 12.9. The lowest BCUT2D eigenvalue weighted by atomic mass is 10.0. The van der Waals surface area contributed by atoms with Crippen LogP contribution in [0, 0.1) is 0 Å². The molecule has 0 aromatic heterocycles. The Balaban J connectivity index is 1.97. The Labute approximate surface area is 148 Å². The maximum Gasteiger partial charge on any atom is 0.255 e. The van der Waals surface area contributed by atoms with Crippen LogP contribution in [0.5, 0.6) is 5.75 Å². The van der Waals surface area contributed by atoms with E-state index in [4.69, 9.17) is 9.47 Å². The summed E-state index contributed by atoms with van der Waals surface area (Å²) in [6.45, 7) is 3.24. The van der Waals surface area contributed by atoms with E-state index in [9.17, 15) is 9.90 Å². The van der Waals surface area contributed by atoms with E-state index in [2.05, 4.69) is 5.32 Å². The van der Waals surface area contributed by atoms with Gasteiger partial charge in [-0.05, 0) is 36.6 Å². The highest BCUT2D eigenvalue weighted by Crippen LogP contribution is 2.20. The van der Waals surface area contributed by atoms with Crippen molar-refractivity contribution in [2.45, 2.75) is 19.4 Å². The molecule has 134 valence electrons. The van der Waals surface area contributed by atoms with Crippen molar-refractivity contribution >= 4 is 5.91 Å². The molecule has 2 N–H and O–H groups in total. The molecule has 2 aromatic rings. The predicted octanol–water partition coefficient (Wildman–Crippen LogP) is 2.76. The minimum Gasteiger partial charge on any atom is -0.507 e. The van der Waals surface area contributed by atoms with E-state index in [-0.39, 0.29) is 23.3 Å². The molecule has 0 aliphatic rings. The normalized spacial score (nSPS) is 11.9. The Kier molecular flexibility index (Phi) is 7.44. The number of phenolic OH excluding ortho intramolecular Hbond substituents is 1. The van der Waals surface area contributed by atoms with Crippen LogP contribution in [-0.2, 0) is 15.9 Å². The van der Waals surface area contributed by atoms with Gasteiger partial charge in [0.15, 0.2) is 0 Å². The van der Waals surface area contributed by atoms with Gasteiger partial charge in [0, 0.05) is 13.2 Å². The van der Waals surface area contributed by atoms with Crippen molar-refractivity contribution in [3.8, 4) is 5.75 Å². The van der Waals surface area contributed by atoms with Gasteiger partial charge in [-0.2, -0.15) is 0 Å². The standard InChI is InChI=1S/C20H25NO4/c1-15(14-25-11-10-24-2)21-20(23)18-13-17(8-9-19(18)22)12-16-6-4-3-5-7-16/h3-9,13,15,22H,10-12,14H2,1-2H3,(H,21,23)/t15-/m1/s1. The van der Waals surface area contributed by atoms with Crippen molar-refractivity contribution in [2.24, 2.45) is 0 Å². The largest absolute Gasteiger partial charge is 0.507 e.